The number of carbonyl (C=O) groups excluding carboxylic acids is 2. The Bertz CT molecular complexity index is 948. The number of hydrogen-bond acceptors (Lipinski definition) is 5. The maximum atomic E-state index is 12.9. The molecular weight excluding hydrogens is 394 g/mol. The van der Waals surface area contributed by atoms with E-state index in [0.717, 1.165) is 24.5 Å². The third-order valence-corrected chi connectivity index (χ3v) is 6.29. The molecule has 2 saturated heterocycles. The number of cyclic esters (lactones) is 1. The number of benzene rings is 1. The fourth-order valence-electron chi connectivity index (χ4n) is 4.28. The second-order valence-electron chi connectivity index (χ2n) is 8.65. The normalized spacial score (nSPS) is 21.8. The fourth-order valence-corrected chi connectivity index (χ4v) is 4.28. The zero-order chi connectivity index (χ0) is 21.4. The molecule has 3 heterocycles. The fraction of sp³-hybridized carbons (Fsp3) is 0.458. The molecule has 0 bridgehead atoms. The van der Waals surface area contributed by atoms with Gasteiger partial charge in [-0.3, -0.25) is 9.69 Å². The van der Waals surface area contributed by atoms with Crippen LogP contribution in [0.25, 0.3) is 0 Å². The average Bonchev–Trinajstić information content (AvgIpc) is 3.59. The first kappa shape index (κ1) is 19.8. The lowest BCUT2D eigenvalue weighted by Gasteiger charge is -2.32. The van der Waals surface area contributed by atoms with Crippen LogP contribution in [0.1, 0.15) is 54.4 Å². The molecule has 162 valence electrons. The number of piperidine rings is 1. The highest BCUT2D eigenvalue weighted by Gasteiger charge is 2.32. The Labute approximate surface area is 182 Å². The van der Waals surface area contributed by atoms with E-state index < -0.39 is 6.09 Å². The summed E-state index contributed by atoms with van der Waals surface area (Å²) in [5.41, 5.74) is 1.93. The van der Waals surface area contributed by atoms with Crippen molar-refractivity contribution in [2.75, 3.05) is 24.6 Å². The summed E-state index contributed by atoms with van der Waals surface area (Å²) in [5.74, 6) is 2.12. The summed E-state index contributed by atoms with van der Waals surface area (Å²) < 4.78 is 11.2. The van der Waals surface area contributed by atoms with Gasteiger partial charge in [-0.05, 0) is 55.5 Å². The zero-order valence-corrected chi connectivity index (χ0v) is 17.7. The van der Waals surface area contributed by atoms with Crippen LogP contribution in [0.5, 0.6) is 5.75 Å². The van der Waals surface area contributed by atoms with Crippen LogP contribution in [-0.2, 0) is 4.74 Å². The Morgan fingerprint density at radius 3 is 2.39 bits per heavy atom. The van der Waals surface area contributed by atoms with E-state index in [1.165, 1.54) is 23.3 Å². The van der Waals surface area contributed by atoms with Crippen LogP contribution in [0.3, 0.4) is 0 Å². The summed E-state index contributed by atoms with van der Waals surface area (Å²) in [5, 5.41) is 0. The first-order valence-electron chi connectivity index (χ1n) is 11.1. The minimum Gasteiger partial charge on any atom is -0.490 e. The molecule has 0 spiro atoms. The molecule has 2 amide bonds. The molecule has 1 aromatic heterocycles. The molecule has 2 aliphatic heterocycles. The smallest absolute Gasteiger partial charge is 0.415 e. The SMILES string of the molecule is C[C@@H]1COC(=O)N1c1ccc(C(=O)N2CCC(Oc3ccc(C4CC4)cc3)CC2)cn1. The highest BCUT2D eigenvalue weighted by atomic mass is 16.6. The molecule has 0 radical (unpaired) electrons. The average molecular weight is 421 g/mol. The lowest BCUT2D eigenvalue weighted by atomic mass is 10.1. The lowest BCUT2D eigenvalue weighted by Crippen LogP contribution is -2.41. The number of ether oxygens (including phenoxy) is 2. The van der Waals surface area contributed by atoms with Gasteiger partial charge in [-0.15, -0.1) is 0 Å². The maximum absolute atomic E-state index is 12.9. The molecule has 5 rings (SSSR count). The van der Waals surface area contributed by atoms with Gasteiger partial charge in [0.2, 0.25) is 0 Å². The van der Waals surface area contributed by atoms with Crippen molar-refractivity contribution >= 4 is 17.8 Å². The monoisotopic (exact) mass is 421 g/mol. The third-order valence-electron chi connectivity index (χ3n) is 6.29. The number of aromatic nitrogens is 1. The van der Waals surface area contributed by atoms with Crippen molar-refractivity contribution in [3.05, 3.63) is 53.7 Å². The van der Waals surface area contributed by atoms with E-state index in [0.29, 0.717) is 31.1 Å². The van der Waals surface area contributed by atoms with Gasteiger partial charge in [-0.25, -0.2) is 9.78 Å². The van der Waals surface area contributed by atoms with Crippen molar-refractivity contribution in [1.29, 1.82) is 0 Å². The van der Waals surface area contributed by atoms with Crippen LogP contribution >= 0.6 is 0 Å². The minimum absolute atomic E-state index is 0.0386. The van der Waals surface area contributed by atoms with Crippen molar-refractivity contribution in [3.63, 3.8) is 0 Å². The number of pyridine rings is 1. The molecule has 2 aromatic rings. The number of hydrogen-bond donors (Lipinski definition) is 0. The second kappa shape index (κ2) is 8.21. The van der Waals surface area contributed by atoms with E-state index in [-0.39, 0.29) is 18.1 Å². The Balaban J connectivity index is 1.15. The van der Waals surface area contributed by atoms with Crippen molar-refractivity contribution < 1.29 is 19.1 Å². The number of amides is 2. The molecule has 1 saturated carbocycles. The second-order valence-corrected chi connectivity index (χ2v) is 8.65. The summed E-state index contributed by atoms with van der Waals surface area (Å²) in [6.07, 6.45) is 5.48. The molecule has 7 nitrogen and oxygen atoms in total. The molecule has 0 N–H and O–H groups in total. The molecule has 3 fully saturated rings. The summed E-state index contributed by atoms with van der Waals surface area (Å²) in [6.45, 7) is 3.56. The molecule has 3 aliphatic rings. The minimum atomic E-state index is -0.400. The molecule has 1 aliphatic carbocycles. The lowest BCUT2D eigenvalue weighted by molar-refractivity contribution is 0.0595. The molecule has 31 heavy (non-hydrogen) atoms. The highest BCUT2D eigenvalue weighted by molar-refractivity contribution is 5.95. The molecule has 7 heteroatoms. The summed E-state index contributed by atoms with van der Waals surface area (Å²) in [7, 11) is 0. The first-order valence-corrected chi connectivity index (χ1v) is 11.1. The van der Waals surface area contributed by atoms with Gasteiger partial charge >= 0.3 is 6.09 Å². The standard InChI is InChI=1S/C24H27N3O4/c1-16-15-30-24(29)27(16)22-9-6-19(14-25-22)23(28)26-12-10-21(11-13-26)31-20-7-4-18(5-8-20)17-2-3-17/h4-9,14,16-17,21H,2-3,10-13,15H2,1H3/t16-/m1/s1. The highest BCUT2D eigenvalue weighted by Crippen LogP contribution is 2.40. The molecule has 1 atom stereocenters. The van der Waals surface area contributed by atoms with Gasteiger partial charge in [-0.1, -0.05) is 12.1 Å². The van der Waals surface area contributed by atoms with E-state index in [4.69, 9.17) is 9.47 Å². The Morgan fingerprint density at radius 1 is 1.06 bits per heavy atom. The molecule has 1 aromatic carbocycles. The first-order chi connectivity index (χ1) is 15.1. The number of anilines is 1. The Kier molecular flexibility index (Phi) is 5.26. The van der Waals surface area contributed by atoms with Crippen LogP contribution < -0.4 is 9.64 Å². The van der Waals surface area contributed by atoms with Gasteiger partial charge in [0.1, 0.15) is 24.3 Å². The van der Waals surface area contributed by atoms with Gasteiger partial charge in [0.15, 0.2) is 0 Å². The summed E-state index contributed by atoms with van der Waals surface area (Å²) >= 11 is 0. The zero-order valence-electron chi connectivity index (χ0n) is 17.7. The van der Waals surface area contributed by atoms with Gasteiger partial charge in [-0.2, -0.15) is 0 Å². The number of nitrogens with zero attached hydrogens (tertiary/aromatic N) is 3. The predicted octanol–water partition coefficient (Wildman–Crippen LogP) is 3.99. The van der Waals surface area contributed by atoms with Crippen LogP contribution in [-0.4, -0.2) is 53.7 Å². The van der Waals surface area contributed by atoms with E-state index in [9.17, 15) is 9.59 Å². The quantitative estimate of drug-likeness (QED) is 0.730. The van der Waals surface area contributed by atoms with Crippen molar-refractivity contribution in [1.82, 2.24) is 9.88 Å². The van der Waals surface area contributed by atoms with Crippen molar-refractivity contribution in [2.24, 2.45) is 0 Å². The van der Waals surface area contributed by atoms with E-state index >= 15 is 0 Å². The molecular formula is C24H27N3O4. The third kappa shape index (κ3) is 4.22. The topological polar surface area (TPSA) is 72.0 Å². The van der Waals surface area contributed by atoms with Crippen molar-refractivity contribution in [3.8, 4) is 5.75 Å². The Morgan fingerprint density at radius 2 is 1.81 bits per heavy atom. The largest absolute Gasteiger partial charge is 0.490 e. The van der Waals surface area contributed by atoms with Crippen LogP contribution in [0.15, 0.2) is 42.6 Å². The van der Waals surface area contributed by atoms with E-state index in [1.807, 2.05) is 11.8 Å². The van der Waals surface area contributed by atoms with Gasteiger partial charge < -0.3 is 14.4 Å². The van der Waals surface area contributed by atoms with Crippen LogP contribution in [0.4, 0.5) is 10.6 Å². The predicted molar refractivity (Wildman–Crippen MR) is 115 cm³/mol. The van der Waals surface area contributed by atoms with E-state index in [2.05, 4.69) is 29.2 Å². The van der Waals surface area contributed by atoms with Gasteiger partial charge in [0.05, 0.1) is 11.6 Å². The van der Waals surface area contributed by atoms with E-state index in [1.54, 1.807) is 18.3 Å². The number of carbonyl (C=O) groups is 2. The van der Waals surface area contributed by atoms with Gasteiger partial charge in [0.25, 0.3) is 5.91 Å². The van der Waals surface area contributed by atoms with Crippen molar-refractivity contribution in [2.45, 2.75) is 50.7 Å². The summed E-state index contributed by atoms with van der Waals surface area (Å²) in [6, 6.07) is 11.8. The molecule has 0 unspecified atom stereocenters. The number of likely N-dealkylation sites (tertiary alicyclic amines) is 1. The van der Waals surface area contributed by atoms with Crippen LogP contribution in [0.2, 0.25) is 0 Å². The Hall–Kier alpha value is -3.09. The number of rotatable bonds is 5. The van der Waals surface area contributed by atoms with Gasteiger partial charge in [0, 0.05) is 32.1 Å². The maximum Gasteiger partial charge on any atom is 0.415 e. The van der Waals surface area contributed by atoms with Crippen LogP contribution in [0, 0.1) is 0 Å². The summed E-state index contributed by atoms with van der Waals surface area (Å²) in [4.78, 5) is 32.4.